The van der Waals surface area contributed by atoms with Crippen LogP contribution in [-0.4, -0.2) is 34.2 Å². The van der Waals surface area contributed by atoms with E-state index in [4.69, 9.17) is 9.72 Å². The smallest absolute Gasteiger partial charge is 0.270 e. The van der Waals surface area contributed by atoms with Crippen LogP contribution in [0.25, 0.3) is 28.2 Å². The number of benzene rings is 2. The number of methoxy groups -OCH3 is 1. The van der Waals surface area contributed by atoms with Crippen LogP contribution in [0.1, 0.15) is 23.8 Å². The highest BCUT2D eigenvalue weighted by Crippen LogP contribution is 2.25. The van der Waals surface area contributed by atoms with Gasteiger partial charge in [-0.15, -0.1) is 0 Å². The number of amides is 1. The van der Waals surface area contributed by atoms with Crippen molar-refractivity contribution in [3.05, 3.63) is 72.4 Å². The lowest BCUT2D eigenvalue weighted by molar-refractivity contribution is 0.0946. The van der Waals surface area contributed by atoms with Crippen LogP contribution in [0.2, 0.25) is 0 Å². The summed E-state index contributed by atoms with van der Waals surface area (Å²) in [5, 5.41) is 7.59. The molecule has 4 aromatic rings. The molecule has 0 unspecified atom stereocenters. The molecule has 0 bridgehead atoms. The molecule has 0 fully saturated rings. The van der Waals surface area contributed by atoms with E-state index in [1.807, 2.05) is 67.6 Å². The van der Waals surface area contributed by atoms with Gasteiger partial charge in [-0.25, -0.2) is 9.50 Å². The molecular weight excluding hydrogens is 364 g/mol. The second-order valence-corrected chi connectivity index (χ2v) is 6.68. The minimum absolute atomic E-state index is 0.170. The molecule has 0 aliphatic carbocycles. The third-order valence-corrected chi connectivity index (χ3v) is 4.65. The van der Waals surface area contributed by atoms with E-state index in [0.29, 0.717) is 23.6 Å². The summed E-state index contributed by atoms with van der Waals surface area (Å²) in [5.41, 5.74) is 4.44. The van der Waals surface area contributed by atoms with E-state index < -0.39 is 0 Å². The minimum Gasteiger partial charge on any atom is -0.497 e. The Balaban J connectivity index is 1.85. The number of hydrogen-bond acceptors (Lipinski definition) is 4. The normalized spacial score (nSPS) is 10.8. The van der Waals surface area contributed by atoms with Gasteiger partial charge in [-0.2, -0.15) is 5.10 Å². The van der Waals surface area contributed by atoms with E-state index in [1.165, 1.54) is 0 Å². The lowest BCUT2D eigenvalue weighted by Crippen LogP contribution is -2.26. The maximum Gasteiger partial charge on any atom is 0.270 e. The van der Waals surface area contributed by atoms with Gasteiger partial charge in [0.2, 0.25) is 0 Å². The van der Waals surface area contributed by atoms with Crippen LogP contribution in [0.4, 0.5) is 0 Å². The first kappa shape index (κ1) is 18.7. The molecule has 0 aliphatic rings. The Morgan fingerprint density at radius 3 is 2.41 bits per heavy atom. The minimum atomic E-state index is -0.170. The zero-order valence-electron chi connectivity index (χ0n) is 16.4. The van der Waals surface area contributed by atoms with Crippen LogP contribution in [0.15, 0.2) is 66.7 Å². The predicted molar refractivity (Wildman–Crippen MR) is 113 cm³/mol. The number of carbonyl (C=O) groups is 1. The molecule has 0 aliphatic heterocycles. The van der Waals surface area contributed by atoms with Crippen molar-refractivity contribution >= 4 is 11.6 Å². The second kappa shape index (κ2) is 8.14. The van der Waals surface area contributed by atoms with Crippen LogP contribution in [-0.2, 0) is 0 Å². The van der Waals surface area contributed by atoms with Gasteiger partial charge in [-0.05, 0) is 36.8 Å². The Kier molecular flexibility index (Phi) is 5.24. The van der Waals surface area contributed by atoms with Gasteiger partial charge in [0.1, 0.15) is 11.4 Å². The second-order valence-electron chi connectivity index (χ2n) is 6.68. The van der Waals surface area contributed by atoms with Crippen molar-refractivity contribution in [2.75, 3.05) is 13.7 Å². The number of fused-ring (bicyclic) bond motifs is 1. The van der Waals surface area contributed by atoms with Gasteiger partial charge in [0.05, 0.1) is 18.5 Å². The van der Waals surface area contributed by atoms with Gasteiger partial charge < -0.3 is 10.1 Å². The highest BCUT2D eigenvalue weighted by atomic mass is 16.5. The Morgan fingerprint density at radius 1 is 1.00 bits per heavy atom. The molecule has 0 saturated heterocycles. The number of rotatable bonds is 6. The predicted octanol–water partition coefficient (Wildman–Crippen LogP) is 4.21. The third-order valence-electron chi connectivity index (χ3n) is 4.65. The molecule has 29 heavy (non-hydrogen) atoms. The summed E-state index contributed by atoms with van der Waals surface area (Å²) in [5.74, 6) is 0.600. The zero-order chi connectivity index (χ0) is 20.2. The van der Waals surface area contributed by atoms with E-state index >= 15 is 0 Å². The maximum absolute atomic E-state index is 12.8. The molecule has 0 spiro atoms. The molecule has 2 heterocycles. The van der Waals surface area contributed by atoms with Crippen LogP contribution in [0.5, 0.6) is 5.75 Å². The molecule has 6 heteroatoms. The van der Waals surface area contributed by atoms with Crippen molar-refractivity contribution in [1.82, 2.24) is 19.9 Å². The van der Waals surface area contributed by atoms with E-state index in [-0.39, 0.29) is 5.91 Å². The van der Waals surface area contributed by atoms with Crippen molar-refractivity contribution in [2.45, 2.75) is 13.3 Å². The number of ether oxygens (including phenoxy) is 1. The van der Waals surface area contributed by atoms with Gasteiger partial charge in [-0.1, -0.05) is 37.3 Å². The van der Waals surface area contributed by atoms with Gasteiger partial charge in [0, 0.05) is 23.7 Å². The first-order chi connectivity index (χ1) is 14.2. The molecule has 2 aromatic carbocycles. The van der Waals surface area contributed by atoms with Gasteiger partial charge >= 0.3 is 0 Å². The Bertz CT molecular complexity index is 1130. The third kappa shape index (κ3) is 3.82. The molecule has 0 saturated carbocycles. The van der Waals surface area contributed by atoms with Crippen LogP contribution in [0, 0.1) is 0 Å². The van der Waals surface area contributed by atoms with Crippen molar-refractivity contribution in [3.63, 3.8) is 0 Å². The highest BCUT2D eigenvalue weighted by molar-refractivity contribution is 5.94. The molecule has 0 atom stereocenters. The molecule has 1 amide bonds. The van der Waals surface area contributed by atoms with Gasteiger partial charge in [0.25, 0.3) is 5.91 Å². The number of hydrogen-bond donors (Lipinski definition) is 1. The molecule has 0 radical (unpaired) electrons. The molecule has 2 aromatic heterocycles. The van der Waals surface area contributed by atoms with Crippen molar-refractivity contribution in [3.8, 4) is 28.3 Å². The Labute approximate surface area is 169 Å². The highest BCUT2D eigenvalue weighted by Gasteiger charge is 2.17. The summed E-state index contributed by atoms with van der Waals surface area (Å²) in [7, 11) is 1.63. The SMILES string of the molecule is CCCNC(=O)c1cc(-c2ccc(OC)cc2)nc2cc(-c3ccccc3)nn12. The van der Waals surface area contributed by atoms with Crippen molar-refractivity contribution in [2.24, 2.45) is 0 Å². The average Bonchev–Trinajstić information content (AvgIpc) is 3.21. The van der Waals surface area contributed by atoms with Crippen molar-refractivity contribution < 1.29 is 9.53 Å². The summed E-state index contributed by atoms with van der Waals surface area (Å²) >= 11 is 0. The fraction of sp³-hybridized carbons (Fsp3) is 0.174. The van der Waals surface area contributed by atoms with Gasteiger partial charge in [-0.3, -0.25) is 4.79 Å². The van der Waals surface area contributed by atoms with E-state index in [2.05, 4.69) is 10.4 Å². The number of carbonyl (C=O) groups excluding carboxylic acids is 1. The fourth-order valence-corrected chi connectivity index (χ4v) is 3.12. The lowest BCUT2D eigenvalue weighted by Gasteiger charge is -2.09. The largest absolute Gasteiger partial charge is 0.497 e. The molecule has 4 rings (SSSR count). The number of nitrogens with zero attached hydrogens (tertiary/aromatic N) is 3. The first-order valence-electron chi connectivity index (χ1n) is 9.58. The topological polar surface area (TPSA) is 68.5 Å². The van der Waals surface area contributed by atoms with Crippen LogP contribution < -0.4 is 10.1 Å². The lowest BCUT2D eigenvalue weighted by atomic mass is 10.1. The first-order valence-corrected chi connectivity index (χ1v) is 9.58. The Hall–Kier alpha value is -3.67. The molecule has 6 nitrogen and oxygen atoms in total. The Morgan fingerprint density at radius 2 is 1.72 bits per heavy atom. The summed E-state index contributed by atoms with van der Waals surface area (Å²) < 4.78 is 6.85. The average molecular weight is 386 g/mol. The summed E-state index contributed by atoms with van der Waals surface area (Å²) in [6.45, 7) is 2.62. The number of nitrogens with one attached hydrogen (secondary N) is 1. The van der Waals surface area contributed by atoms with Crippen LogP contribution in [0.3, 0.4) is 0 Å². The molecular formula is C23H22N4O2. The maximum atomic E-state index is 12.8. The summed E-state index contributed by atoms with van der Waals surface area (Å²) in [6, 6.07) is 21.2. The van der Waals surface area contributed by atoms with E-state index in [0.717, 1.165) is 29.0 Å². The fourth-order valence-electron chi connectivity index (χ4n) is 3.12. The van der Waals surface area contributed by atoms with Crippen molar-refractivity contribution in [1.29, 1.82) is 0 Å². The summed E-state index contributed by atoms with van der Waals surface area (Å²) in [4.78, 5) is 17.6. The van der Waals surface area contributed by atoms with E-state index in [1.54, 1.807) is 17.7 Å². The van der Waals surface area contributed by atoms with Gasteiger partial charge in [0.15, 0.2) is 5.65 Å². The summed E-state index contributed by atoms with van der Waals surface area (Å²) in [6.07, 6.45) is 0.861. The molecule has 146 valence electrons. The van der Waals surface area contributed by atoms with E-state index in [9.17, 15) is 4.79 Å². The molecule has 1 N–H and O–H groups in total. The van der Waals surface area contributed by atoms with Crippen LogP contribution >= 0.6 is 0 Å². The number of aromatic nitrogens is 3. The monoisotopic (exact) mass is 386 g/mol. The quantitative estimate of drug-likeness (QED) is 0.539. The standard InChI is InChI=1S/C23H22N4O2/c1-3-13-24-23(28)21-14-19(17-9-11-18(29-2)12-10-17)25-22-15-20(26-27(21)22)16-7-5-4-6-8-16/h4-12,14-15H,3,13H2,1-2H3,(H,24,28). The zero-order valence-corrected chi connectivity index (χ0v) is 16.4.